The first kappa shape index (κ1) is 14.9. The molecule has 2 aliphatic rings. The first-order valence-corrected chi connectivity index (χ1v) is 9.73. The fraction of sp³-hybridized carbons (Fsp3) is 0.625. The third-order valence-corrected chi connectivity index (χ3v) is 6.30. The number of nitrogens with zero attached hydrogens (tertiary/aromatic N) is 1. The molecule has 2 saturated heterocycles. The summed E-state index contributed by atoms with van der Waals surface area (Å²) < 4.78 is 23.4. The van der Waals surface area contributed by atoms with Gasteiger partial charge in [0.1, 0.15) is 0 Å². The molecule has 0 aliphatic carbocycles. The van der Waals surface area contributed by atoms with E-state index >= 15 is 0 Å². The molecule has 0 saturated carbocycles. The number of nitrogens with one attached hydrogen (secondary N) is 1. The Morgan fingerprint density at radius 2 is 1.90 bits per heavy atom. The van der Waals surface area contributed by atoms with Crippen LogP contribution in [0.15, 0.2) is 24.3 Å². The smallest absolute Gasteiger partial charge is 0.151 e. The summed E-state index contributed by atoms with van der Waals surface area (Å²) in [6.45, 7) is 3.02. The molecule has 1 aromatic rings. The highest BCUT2D eigenvalue weighted by Gasteiger charge is 2.24. The van der Waals surface area contributed by atoms with Crippen molar-refractivity contribution in [2.45, 2.75) is 38.3 Å². The van der Waals surface area contributed by atoms with Crippen molar-refractivity contribution in [3.63, 3.8) is 0 Å². The molecule has 4 nitrogen and oxygen atoms in total. The van der Waals surface area contributed by atoms with Crippen molar-refractivity contribution in [1.29, 1.82) is 0 Å². The maximum atomic E-state index is 11.7. The number of benzene rings is 1. The Morgan fingerprint density at radius 3 is 2.67 bits per heavy atom. The van der Waals surface area contributed by atoms with Crippen LogP contribution in [0.25, 0.3) is 0 Å². The Labute approximate surface area is 127 Å². The van der Waals surface area contributed by atoms with Gasteiger partial charge in [0.05, 0.1) is 11.5 Å². The molecular weight excluding hydrogens is 284 g/mol. The summed E-state index contributed by atoms with van der Waals surface area (Å²) in [5, 5.41) is 3.45. The Kier molecular flexibility index (Phi) is 4.50. The fourth-order valence-corrected chi connectivity index (χ4v) is 5.04. The fourth-order valence-electron chi connectivity index (χ4n) is 3.36. The van der Waals surface area contributed by atoms with Crippen LogP contribution in [0.2, 0.25) is 0 Å². The molecule has 0 bridgehead atoms. The molecule has 2 fully saturated rings. The van der Waals surface area contributed by atoms with Crippen molar-refractivity contribution >= 4 is 15.5 Å². The van der Waals surface area contributed by atoms with Gasteiger partial charge in [-0.15, -0.1) is 0 Å². The quantitative estimate of drug-likeness (QED) is 0.924. The van der Waals surface area contributed by atoms with Crippen LogP contribution >= 0.6 is 0 Å². The first-order valence-electron chi connectivity index (χ1n) is 7.91. The van der Waals surface area contributed by atoms with Crippen LogP contribution in [0.5, 0.6) is 0 Å². The van der Waals surface area contributed by atoms with E-state index < -0.39 is 9.84 Å². The zero-order chi connectivity index (χ0) is 14.7. The van der Waals surface area contributed by atoms with Crippen molar-refractivity contribution in [1.82, 2.24) is 5.32 Å². The van der Waals surface area contributed by atoms with Gasteiger partial charge in [-0.05, 0) is 37.3 Å². The lowest BCUT2D eigenvalue weighted by Crippen LogP contribution is -2.40. The van der Waals surface area contributed by atoms with Crippen LogP contribution < -0.4 is 10.2 Å². The molecular formula is C16H24N2O2S. The van der Waals surface area contributed by atoms with Crippen molar-refractivity contribution in [3.8, 4) is 0 Å². The molecule has 1 unspecified atom stereocenters. The van der Waals surface area contributed by atoms with Crippen LogP contribution in [0.1, 0.15) is 31.2 Å². The molecule has 2 heterocycles. The summed E-state index contributed by atoms with van der Waals surface area (Å²) in [5.74, 6) is 0.647. The summed E-state index contributed by atoms with van der Waals surface area (Å²) in [7, 11) is -2.84. The maximum absolute atomic E-state index is 11.7. The standard InChI is InChI=1S/C16H24N2O2S/c19-21(20)11-5-7-15(13-21)17-12-14-6-1-2-8-16(14)18-9-3-4-10-18/h1-2,6,8,15,17H,3-5,7,9-13H2. The second kappa shape index (κ2) is 6.36. The van der Waals surface area contributed by atoms with E-state index in [2.05, 4.69) is 34.5 Å². The summed E-state index contributed by atoms with van der Waals surface area (Å²) in [6, 6.07) is 8.59. The second-order valence-corrected chi connectivity index (χ2v) is 8.39. The number of rotatable bonds is 4. The molecule has 1 N–H and O–H groups in total. The molecule has 0 radical (unpaired) electrons. The molecule has 116 valence electrons. The lowest BCUT2D eigenvalue weighted by atomic mass is 10.1. The lowest BCUT2D eigenvalue weighted by Gasteiger charge is -2.25. The Balaban J connectivity index is 1.65. The number of hydrogen-bond acceptors (Lipinski definition) is 4. The number of sulfone groups is 1. The van der Waals surface area contributed by atoms with Gasteiger partial charge >= 0.3 is 0 Å². The molecule has 0 spiro atoms. The van der Waals surface area contributed by atoms with Crippen molar-refractivity contribution < 1.29 is 8.42 Å². The molecule has 1 atom stereocenters. The van der Waals surface area contributed by atoms with Gasteiger partial charge in [0.25, 0.3) is 0 Å². The van der Waals surface area contributed by atoms with Crippen LogP contribution in [-0.2, 0) is 16.4 Å². The van der Waals surface area contributed by atoms with Gasteiger partial charge in [0.2, 0.25) is 0 Å². The number of para-hydroxylation sites is 1. The van der Waals surface area contributed by atoms with E-state index in [0.717, 1.165) is 32.5 Å². The lowest BCUT2D eigenvalue weighted by molar-refractivity contribution is 0.480. The van der Waals surface area contributed by atoms with Gasteiger partial charge in [0.15, 0.2) is 9.84 Å². The highest BCUT2D eigenvalue weighted by atomic mass is 32.2. The third-order valence-electron chi connectivity index (χ3n) is 4.48. The summed E-state index contributed by atoms with van der Waals surface area (Å²) >= 11 is 0. The van der Waals surface area contributed by atoms with E-state index in [1.165, 1.54) is 24.1 Å². The maximum Gasteiger partial charge on any atom is 0.151 e. The van der Waals surface area contributed by atoms with E-state index in [0.29, 0.717) is 11.5 Å². The molecule has 1 aromatic carbocycles. The van der Waals surface area contributed by atoms with E-state index in [-0.39, 0.29) is 6.04 Å². The van der Waals surface area contributed by atoms with Gasteiger partial charge in [0, 0.05) is 31.4 Å². The Hall–Kier alpha value is -1.07. The molecule has 21 heavy (non-hydrogen) atoms. The topological polar surface area (TPSA) is 49.4 Å². The van der Waals surface area contributed by atoms with Gasteiger partial charge in [-0.2, -0.15) is 0 Å². The molecule has 0 aromatic heterocycles. The predicted octanol–water partition coefficient (Wildman–Crippen LogP) is 1.95. The van der Waals surface area contributed by atoms with E-state index in [1.807, 2.05) is 0 Å². The highest BCUT2D eigenvalue weighted by Crippen LogP contribution is 2.24. The number of hydrogen-bond donors (Lipinski definition) is 1. The minimum Gasteiger partial charge on any atom is -0.371 e. The summed E-state index contributed by atoms with van der Waals surface area (Å²) in [4.78, 5) is 2.44. The van der Waals surface area contributed by atoms with Gasteiger partial charge in [-0.1, -0.05) is 18.2 Å². The SMILES string of the molecule is O=S1(=O)CCCC(NCc2ccccc2N2CCCC2)C1. The van der Waals surface area contributed by atoms with Crippen molar-refractivity contribution in [2.24, 2.45) is 0 Å². The first-order chi connectivity index (χ1) is 10.1. The minimum absolute atomic E-state index is 0.107. The monoisotopic (exact) mass is 308 g/mol. The number of anilines is 1. The summed E-state index contributed by atoms with van der Waals surface area (Å²) in [5.41, 5.74) is 2.59. The van der Waals surface area contributed by atoms with Crippen molar-refractivity contribution in [3.05, 3.63) is 29.8 Å². The van der Waals surface area contributed by atoms with Crippen LogP contribution in [0.4, 0.5) is 5.69 Å². The van der Waals surface area contributed by atoms with Gasteiger partial charge in [-0.25, -0.2) is 8.42 Å². The van der Waals surface area contributed by atoms with Gasteiger partial charge < -0.3 is 10.2 Å². The summed E-state index contributed by atoms with van der Waals surface area (Å²) in [6.07, 6.45) is 4.28. The predicted molar refractivity (Wildman–Crippen MR) is 86.4 cm³/mol. The zero-order valence-electron chi connectivity index (χ0n) is 12.4. The van der Waals surface area contributed by atoms with Crippen LogP contribution in [0.3, 0.4) is 0 Å². The van der Waals surface area contributed by atoms with Gasteiger partial charge in [-0.3, -0.25) is 0 Å². The minimum atomic E-state index is -2.84. The highest BCUT2D eigenvalue weighted by molar-refractivity contribution is 7.91. The van der Waals surface area contributed by atoms with Crippen molar-refractivity contribution in [2.75, 3.05) is 29.5 Å². The third kappa shape index (κ3) is 3.77. The van der Waals surface area contributed by atoms with E-state index in [4.69, 9.17) is 0 Å². The Bertz CT molecular complexity index is 580. The normalized spacial score (nSPS) is 25.1. The van der Waals surface area contributed by atoms with E-state index in [1.54, 1.807) is 0 Å². The average Bonchev–Trinajstić information content (AvgIpc) is 2.98. The molecule has 0 amide bonds. The van der Waals surface area contributed by atoms with Crippen LogP contribution in [-0.4, -0.2) is 39.1 Å². The largest absolute Gasteiger partial charge is 0.371 e. The second-order valence-electron chi connectivity index (χ2n) is 6.16. The molecule has 5 heteroatoms. The average molecular weight is 308 g/mol. The zero-order valence-corrected chi connectivity index (χ0v) is 13.2. The molecule has 2 aliphatic heterocycles. The van der Waals surface area contributed by atoms with Crippen LogP contribution in [0, 0.1) is 0 Å². The Morgan fingerprint density at radius 1 is 1.14 bits per heavy atom. The molecule has 3 rings (SSSR count). The van der Waals surface area contributed by atoms with E-state index in [9.17, 15) is 8.42 Å².